The standard InChI is InChI=1S/C18H19NOS/c1-2-13-9-10-21-18(13)12-19-11-16-15-6-4-3-5-14(15)7-8-17(16)20/h3-10,19-20H,2,11-12H2,1H3. The Hall–Kier alpha value is -1.84. The summed E-state index contributed by atoms with van der Waals surface area (Å²) in [7, 11) is 0. The lowest BCUT2D eigenvalue weighted by Gasteiger charge is -2.10. The van der Waals surface area contributed by atoms with Gasteiger partial charge >= 0.3 is 0 Å². The van der Waals surface area contributed by atoms with Gasteiger partial charge in [-0.15, -0.1) is 11.3 Å². The predicted octanol–water partition coefficient (Wildman–Crippen LogP) is 4.46. The minimum atomic E-state index is 0.364. The van der Waals surface area contributed by atoms with E-state index in [0.717, 1.165) is 29.3 Å². The third kappa shape index (κ3) is 2.94. The first-order valence-electron chi connectivity index (χ1n) is 7.25. The van der Waals surface area contributed by atoms with Crippen LogP contribution in [0.1, 0.15) is 22.9 Å². The molecule has 0 fully saturated rings. The molecule has 0 aliphatic carbocycles. The van der Waals surface area contributed by atoms with Crippen molar-refractivity contribution < 1.29 is 5.11 Å². The van der Waals surface area contributed by atoms with Crippen molar-refractivity contribution in [2.45, 2.75) is 26.4 Å². The Morgan fingerprint density at radius 1 is 1.05 bits per heavy atom. The smallest absolute Gasteiger partial charge is 0.120 e. The van der Waals surface area contributed by atoms with E-state index < -0.39 is 0 Å². The highest BCUT2D eigenvalue weighted by Crippen LogP contribution is 2.27. The van der Waals surface area contributed by atoms with Gasteiger partial charge in [0.2, 0.25) is 0 Å². The summed E-state index contributed by atoms with van der Waals surface area (Å²) in [5, 5.41) is 18.0. The summed E-state index contributed by atoms with van der Waals surface area (Å²) in [6.07, 6.45) is 1.07. The summed E-state index contributed by atoms with van der Waals surface area (Å²) in [6, 6.07) is 14.1. The van der Waals surface area contributed by atoms with Crippen molar-refractivity contribution in [3.8, 4) is 5.75 Å². The number of phenols is 1. The van der Waals surface area contributed by atoms with E-state index >= 15 is 0 Å². The molecule has 1 aromatic heterocycles. The van der Waals surface area contributed by atoms with Crippen molar-refractivity contribution in [2.24, 2.45) is 0 Å². The minimum Gasteiger partial charge on any atom is -0.508 e. The molecule has 0 unspecified atom stereocenters. The van der Waals surface area contributed by atoms with Gasteiger partial charge in [0, 0.05) is 23.5 Å². The summed E-state index contributed by atoms with van der Waals surface area (Å²) in [5.41, 5.74) is 2.39. The van der Waals surface area contributed by atoms with E-state index in [1.165, 1.54) is 10.4 Å². The Labute approximate surface area is 129 Å². The monoisotopic (exact) mass is 297 g/mol. The minimum absolute atomic E-state index is 0.364. The molecule has 2 aromatic carbocycles. The van der Waals surface area contributed by atoms with E-state index in [2.05, 4.69) is 35.8 Å². The van der Waals surface area contributed by atoms with Gasteiger partial charge in [-0.05, 0) is 40.3 Å². The van der Waals surface area contributed by atoms with Crippen LogP contribution >= 0.6 is 11.3 Å². The van der Waals surface area contributed by atoms with Crippen LogP contribution in [0.4, 0.5) is 0 Å². The Morgan fingerprint density at radius 2 is 1.90 bits per heavy atom. The maximum absolute atomic E-state index is 10.1. The normalized spacial score (nSPS) is 11.1. The summed E-state index contributed by atoms with van der Waals surface area (Å²) in [4.78, 5) is 1.39. The topological polar surface area (TPSA) is 32.3 Å². The highest BCUT2D eigenvalue weighted by molar-refractivity contribution is 7.10. The molecule has 0 bridgehead atoms. The van der Waals surface area contributed by atoms with Crippen LogP contribution in [0, 0.1) is 0 Å². The molecule has 0 amide bonds. The van der Waals surface area contributed by atoms with E-state index in [4.69, 9.17) is 0 Å². The van der Waals surface area contributed by atoms with Gasteiger partial charge < -0.3 is 10.4 Å². The molecule has 0 aliphatic heterocycles. The zero-order valence-electron chi connectivity index (χ0n) is 12.1. The number of benzene rings is 2. The number of hydrogen-bond donors (Lipinski definition) is 2. The summed E-state index contributed by atoms with van der Waals surface area (Å²) in [5.74, 6) is 0.364. The zero-order chi connectivity index (χ0) is 14.7. The molecule has 21 heavy (non-hydrogen) atoms. The van der Waals surface area contributed by atoms with Crippen molar-refractivity contribution in [1.82, 2.24) is 5.32 Å². The average molecular weight is 297 g/mol. The molecule has 0 saturated heterocycles. The van der Waals surface area contributed by atoms with E-state index in [9.17, 15) is 5.11 Å². The van der Waals surface area contributed by atoms with E-state index in [0.29, 0.717) is 12.3 Å². The first-order chi connectivity index (χ1) is 10.3. The lowest BCUT2D eigenvalue weighted by molar-refractivity contribution is 0.466. The zero-order valence-corrected chi connectivity index (χ0v) is 12.9. The molecule has 0 atom stereocenters. The average Bonchev–Trinajstić information content (AvgIpc) is 2.97. The number of fused-ring (bicyclic) bond motifs is 1. The lowest BCUT2D eigenvalue weighted by atomic mass is 10.0. The first kappa shape index (κ1) is 14.1. The molecule has 108 valence electrons. The third-order valence-electron chi connectivity index (χ3n) is 3.82. The first-order valence-corrected chi connectivity index (χ1v) is 8.13. The van der Waals surface area contributed by atoms with Crippen LogP contribution in [-0.2, 0) is 19.5 Å². The van der Waals surface area contributed by atoms with E-state index in [1.54, 1.807) is 17.4 Å². The fourth-order valence-corrected chi connectivity index (χ4v) is 3.59. The fourth-order valence-electron chi connectivity index (χ4n) is 2.65. The van der Waals surface area contributed by atoms with Gasteiger partial charge in [-0.1, -0.05) is 37.3 Å². The quantitative estimate of drug-likeness (QED) is 0.729. The van der Waals surface area contributed by atoms with Crippen molar-refractivity contribution >= 4 is 22.1 Å². The molecule has 0 spiro atoms. The van der Waals surface area contributed by atoms with Crippen molar-refractivity contribution in [2.75, 3.05) is 0 Å². The van der Waals surface area contributed by atoms with Crippen LogP contribution < -0.4 is 5.32 Å². The van der Waals surface area contributed by atoms with Gasteiger partial charge in [-0.3, -0.25) is 0 Å². The number of thiophene rings is 1. The second-order valence-corrected chi connectivity index (χ2v) is 6.11. The highest BCUT2D eigenvalue weighted by Gasteiger charge is 2.07. The second kappa shape index (κ2) is 6.29. The van der Waals surface area contributed by atoms with Crippen LogP contribution in [0.3, 0.4) is 0 Å². The molecule has 0 saturated carbocycles. The molecular weight excluding hydrogens is 278 g/mol. The van der Waals surface area contributed by atoms with Crippen LogP contribution in [-0.4, -0.2) is 5.11 Å². The SMILES string of the molecule is CCc1ccsc1CNCc1c(O)ccc2ccccc12. The Balaban J connectivity index is 1.78. The maximum Gasteiger partial charge on any atom is 0.120 e. The van der Waals surface area contributed by atoms with Gasteiger partial charge in [0.25, 0.3) is 0 Å². The van der Waals surface area contributed by atoms with Crippen molar-refractivity contribution in [3.05, 3.63) is 63.8 Å². The molecule has 3 aromatic rings. The number of hydrogen-bond acceptors (Lipinski definition) is 3. The van der Waals surface area contributed by atoms with Gasteiger partial charge in [-0.2, -0.15) is 0 Å². The Morgan fingerprint density at radius 3 is 2.76 bits per heavy atom. The highest BCUT2D eigenvalue weighted by atomic mass is 32.1. The van der Waals surface area contributed by atoms with Crippen LogP contribution in [0.15, 0.2) is 47.8 Å². The van der Waals surface area contributed by atoms with Crippen molar-refractivity contribution in [3.63, 3.8) is 0 Å². The molecule has 2 nitrogen and oxygen atoms in total. The third-order valence-corrected chi connectivity index (χ3v) is 4.78. The fraction of sp³-hybridized carbons (Fsp3) is 0.222. The number of aromatic hydroxyl groups is 1. The number of rotatable bonds is 5. The molecule has 2 N–H and O–H groups in total. The van der Waals surface area contributed by atoms with Crippen LogP contribution in [0.25, 0.3) is 10.8 Å². The summed E-state index contributed by atoms with van der Waals surface area (Å²) in [6.45, 7) is 3.71. The van der Waals surface area contributed by atoms with Gasteiger partial charge in [0.1, 0.15) is 5.75 Å². The van der Waals surface area contributed by atoms with E-state index in [-0.39, 0.29) is 0 Å². The predicted molar refractivity (Wildman–Crippen MR) is 89.9 cm³/mol. The van der Waals surface area contributed by atoms with Crippen molar-refractivity contribution in [1.29, 1.82) is 0 Å². The molecule has 3 rings (SSSR count). The number of phenolic OH excluding ortho intramolecular Hbond substituents is 1. The molecule has 0 aliphatic rings. The van der Waals surface area contributed by atoms with Gasteiger partial charge in [0.05, 0.1) is 0 Å². The molecule has 0 radical (unpaired) electrons. The molecule has 1 heterocycles. The number of nitrogens with one attached hydrogen (secondary N) is 1. The van der Waals surface area contributed by atoms with Gasteiger partial charge in [-0.25, -0.2) is 0 Å². The second-order valence-electron chi connectivity index (χ2n) is 5.11. The Bertz CT molecular complexity index is 748. The molecule has 3 heteroatoms. The van der Waals surface area contributed by atoms with Crippen LogP contribution in [0.2, 0.25) is 0 Å². The van der Waals surface area contributed by atoms with Crippen LogP contribution in [0.5, 0.6) is 5.75 Å². The molecular formula is C18H19NOS. The largest absolute Gasteiger partial charge is 0.508 e. The Kier molecular flexibility index (Phi) is 4.23. The summed E-state index contributed by atoms with van der Waals surface area (Å²) >= 11 is 1.79. The number of aryl methyl sites for hydroxylation is 1. The lowest BCUT2D eigenvalue weighted by Crippen LogP contribution is -2.13. The summed E-state index contributed by atoms with van der Waals surface area (Å²) < 4.78 is 0. The van der Waals surface area contributed by atoms with Gasteiger partial charge in [0.15, 0.2) is 0 Å². The van der Waals surface area contributed by atoms with E-state index in [1.807, 2.05) is 18.2 Å². The maximum atomic E-state index is 10.1.